The summed E-state index contributed by atoms with van der Waals surface area (Å²) in [7, 11) is 3.95. The fourth-order valence-electron chi connectivity index (χ4n) is 5.69. The molecule has 6 heterocycles. The van der Waals surface area contributed by atoms with E-state index in [0.29, 0.717) is 38.1 Å². The van der Waals surface area contributed by atoms with Crippen LogP contribution >= 0.6 is 0 Å². The molecule has 2 bridgehead atoms. The van der Waals surface area contributed by atoms with Gasteiger partial charge in [0.2, 0.25) is 11.8 Å². The van der Waals surface area contributed by atoms with E-state index in [0.717, 1.165) is 50.5 Å². The van der Waals surface area contributed by atoms with Crippen molar-refractivity contribution in [3.8, 4) is 23.0 Å². The zero-order valence-electron chi connectivity index (χ0n) is 23.8. The number of ether oxygens (including phenoxy) is 3. The van der Waals surface area contributed by atoms with Crippen molar-refractivity contribution in [2.45, 2.75) is 52.4 Å². The number of nitrogens with one attached hydrogen (secondary N) is 1. The summed E-state index contributed by atoms with van der Waals surface area (Å²) < 4.78 is 22.3. The zero-order chi connectivity index (χ0) is 28.1. The number of hydrogen-bond donors (Lipinski definition) is 2. The molecule has 2 aliphatic heterocycles. The van der Waals surface area contributed by atoms with Gasteiger partial charge in [-0.2, -0.15) is 10.2 Å². The molecule has 0 saturated carbocycles. The molecule has 0 radical (unpaired) electrons. The molecule has 1 saturated heterocycles. The van der Waals surface area contributed by atoms with Gasteiger partial charge < -0.3 is 19.3 Å². The number of aliphatic hydroxyl groups is 1. The lowest BCUT2D eigenvalue weighted by Crippen LogP contribution is -2.43. The largest absolute Gasteiger partial charge is 0.476 e. The van der Waals surface area contributed by atoms with Crippen molar-refractivity contribution in [3.63, 3.8) is 0 Å². The molecule has 1 fully saturated rings. The van der Waals surface area contributed by atoms with Crippen molar-refractivity contribution in [2.75, 3.05) is 33.5 Å². The molecule has 4 aromatic heterocycles. The molecule has 0 aliphatic carbocycles. The second-order valence-corrected chi connectivity index (χ2v) is 10.6. The van der Waals surface area contributed by atoms with Crippen LogP contribution in [-0.2, 0) is 18.3 Å². The first kappa shape index (κ1) is 26.5. The van der Waals surface area contributed by atoms with Crippen LogP contribution in [0.25, 0.3) is 34.3 Å². The second kappa shape index (κ2) is 10.3. The molecule has 0 aromatic carbocycles. The number of hydrogen-bond acceptors (Lipinski definition) is 9. The molecule has 12 heteroatoms. The van der Waals surface area contributed by atoms with Crippen LogP contribution in [0.3, 0.4) is 0 Å². The van der Waals surface area contributed by atoms with Crippen LogP contribution in [0.1, 0.15) is 48.2 Å². The van der Waals surface area contributed by atoms with Gasteiger partial charge in [-0.05, 0) is 53.0 Å². The van der Waals surface area contributed by atoms with Crippen LogP contribution in [0.5, 0.6) is 11.8 Å². The Hall–Kier alpha value is -3.74. The number of nitrogens with zero attached hydrogens (tertiary/aromatic N) is 7. The highest BCUT2D eigenvalue weighted by molar-refractivity contribution is 5.93. The third-order valence-electron chi connectivity index (χ3n) is 7.80. The van der Waals surface area contributed by atoms with Crippen LogP contribution in [0.2, 0.25) is 0 Å². The molecule has 2 aliphatic rings. The first-order valence-electron chi connectivity index (χ1n) is 13.7. The second-order valence-electron chi connectivity index (χ2n) is 10.6. The van der Waals surface area contributed by atoms with E-state index in [9.17, 15) is 5.11 Å². The van der Waals surface area contributed by atoms with Crippen LogP contribution < -0.4 is 9.47 Å². The number of likely N-dealkylation sites (N-methyl/N-ethyl adjacent to an activating group) is 1. The van der Waals surface area contributed by atoms with E-state index < -0.39 is 0 Å². The fourth-order valence-corrected chi connectivity index (χ4v) is 5.69. The van der Waals surface area contributed by atoms with Crippen LogP contribution in [0.4, 0.5) is 0 Å². The number of aromatic nitrogens is 7. The molecule has 12 nitrogen and oxygen atoms in total. The summed E-state index contributed by atoms with van der Waals surface area (Å²) in [4.78, 5) is 7.13. The van der Waals surface area contributed by atoms with Crippen molar-refractivity contribution < 1.29 is 19.3 Å². The summed E-state index contributed by atoms with van der Waals surface area (Å²) in [6.45, 7) is 9.77. The SMILES string of the molecule is CCOc1nn([C@@H](C)CO)c2c1/C=C/c1[nH]nc3c(C)nc(cc13)-c1c(C)nn(C)c1O[C@H]1COCC1N(C)C2. The molecular formula is C28H36N8O4. The molecule has 212 valence electrons. The predicted molar refractivity (Wildman–Crippen MR) is 150 cm³/mol. The van der Waals surface area contributed by atoms with Gasteiger partial charge in [0.25, 0.3) is 0 Å². The van der Waals surface area contributed by atoms with Crippen LogP contribution in [0.15, 0.2) is 6.07 Å². The highest BCUT2D eigenvalue weighted by Crippen LogP contribution is 2.37. The number of aliphatic hydroxyl groups excluding tert-OH is 1. The predicted octanol–water partition coefficient (Wildman–Crippen LogP) is 2.89. The van der Waals surface area contributed by atoms with Gasteiger partial charge in [0, 0.05) is 19.0 Å². The van der Waals surface area contributed by atoms with Gasteiger partial charge in [-0.1, -0.05) is 0 Å². The highest BCUT2D eigenvalue weighted by atomic mass is 16.6. The molecule has 0 spiro atoms. The molecule has 40 heavy (non-hydrogen) atoms. The first-order valence-corrected chi connectivity index (χ1v) is 13.7. The Kier molecular flexibility index (Phi) is 6.85. The smallest absolute Gasteiger partial charge is 0.240 e. The van der Waals surface area contributed by atoms with E-state index in [1.54, 1.807) is 4.68 Å². The van der Waals surface area contributed by atoms with Gasteiger partial charge in [0.1, 0.15) is 11.6 Å². The summed E-state index contributed by atoms with van der Waals surface area (Å²) in [5.74, 6) is 1.19. The third kappa shape index (κ3) is 4.36. The molecule has 2 N–H and O–H groups in total. The molecular weight excluding hydrogens is 512 g/mol. The van der Waals surface area contributed by atoms with Crippen molar-refractivity contribution in [2.24, 2.45) is 7.05 Å². The Morgan fingerprint density at radius 2 is 2.00 bits per heavy atom. The Labute approximate surface area is 232 Å². The van der Waals surface area contributed by atoms with E-state index in [4.69, 9.17) is 24.3 Å². The lowest BCUT2D eigenvalue weighted by Gasteiger charge is -2.29. The van der Waals surface area contributed by atoms with Crippen LogP contribution in [-0.4, -0.2) is 90.4 Å². The minimum Gasteiger partial charge on any atom is -0.476 e. The molecule has 3 atom stereocenters. The third-order valence-corrected chi connectivity index (χ3v) is 7.80. The average molecular weight is 549 g/mol. The molecule has 4 aromatic rings. The van der Waals surface area contributed by atoms with E-state index in [1.165, 1.54) is 0 Å². The van der Waals surface area contributed by atoms with Gasteiger partial charge in [0.05, 0.1) is 78.1 Å². The highest BCUT2D eigenvalue weighted by Gasteiger charge is 2.36. The number of aromatic amines is 1. The topological polar surface area (TPSA) is 128 Å². The molecule has 0 amide bonds. The number of rotatable bonds is 4. The summed E-state index contributed by atoms with van der Waals surface area (Å²) in [5, 5.41) is 28.2. The van der Waals surface area contributed by atoms with Gasteiger partial charge in [-0.3, -0.25) is 19.7 Å². The Bertz CT molecular complexity index is 1580. The maximum Gasteiger partial charge on any atom is 0.240 e. The summed E-state index contributed by atoms with van der Waals surface area (Å²) >= 11 is 0. The first-order chi connectivity index (χ1) is 19.3. The van der Waals surface area contributed by atoms with E-state index in [2.05, 4.69) is 27.2 Å². The standard InChI is InChI=1S/C28H36N8O4/c1-7-39-27-18-8-9-20-19-10-21(29-17(4)26(19)31-30-20)25-16(3)32-35(6)28(25)40-24-14-38-13-23(24)34(5)11-22(18)36(33-27)15(2)12-37/h8-10,15,23-24,37H,7,11-14H2,1-6H3,(H,30,31)/b9-8+/t15-,23?,24-/m0/s1. The number of fused-ring (bicyclic) bond motifs is 5. The maximum absolute atomic E-state index is 10.1. The van der Waals surface area contributed by atoms with Crippen molar-refractivity contribution in [3.05, 3.63) is 34.4 Å². The fraction of sp³-hybridized carbons (Fsp3) is 0.500. The van der Waals surface area contributed by atoms with E-state index >= 15 is 0 Å². The van der Waals surface area contributed by atoms with Crippen molar-refractivity contribution in [1.29, 1.82) is 0 Å². The van der Waals surface area contributed by atoms with Crippen LogP contribution in [0, 0.1) is 13.8 Å². The van der Waals surface area contributed by atoms with Crippen molar-refractivity contribution >= 4 is 23.1 Å². The lowest BCUT2D eigenvalue weighted by atomic mass is 10.1. The molecule has 1 unspecified atom stereocenters. The monoisotopic (exact) mass is 548 g/mol. The maximum atomic E-state index is 10.1. The molecule has 6 rings (SSSR count). The van der Waals surface area contributed by atoms with Gasteiger partial charge in [-0.15, -0.1) is 5.10 Å². The average Bonchev–Trinajstić information content (AvgIpc) is 3.69. The number of H-pyrrole nitrogens is 1. The number of aryl methyl sites for hydroxylation is 3. The Balaban J connectivity index is 1.60. The van der Waals surface area contributed by atoms with E-state index in [1.807, 2.05) is 57.6 Å². The minimum absolute atomic E-state index is 0.0255. The summed E-state index contributed by atoms with van der Waals surface area (Å²) in [6.07, 6.45) is 3.79. The zero-order valence-corrected chi connectivity index (χ0v) is 23.8. The van der Waals surface area contributed by atoms with Crippen molar-refractivity contribution in [1.82, 2.24) is 39.6 Å². The Morgan fingerprint density at radius 3 is 2.77 bits per heavy atom. The van der Waals surface area contributed by atoms with E-state index in [-0.39, 0.29) is 24.8 Å². The minimum atomic E-state index is -0.233. The quantitative estimate of drug-likeness (QED) is 0.396. The normalized spacial score (nSPS) is 20.9. The van der Waals surface area contributed by atoms with Gasteiger partial charge in [0.15, 0.2) is 0 Å². The summed E-state index contributed by atoms with van der Waals surface area (Å²) in [6, 6.07) is 1.78. The summed E-state index contributed by atoms with van der Waals surface area (Å²) in [5.41, 5.74) is 6.72. The van der Waals surface area contributed by atoms with Gasteiger partial charge >= 0.3 is 0 Å². The van der Waals surface area contributed by atoms with Gasteiger partial charge in [-0.25, -0.2) is 4.68 Å². The lowest BCUT2D eigenvalue weighted by molar-refractivity contribution is 0.102. The number of pyridine rings is 1. The Morgan fingerprint density at radius 1 is 1.18 bits per heavy atom.